The fourth-order valence-corrected chi connectivity index (χ4v) is 4.15. The van der Waals surface area contributed by atoms with Gasteiger partial charge in [-0.1, -0.05) is 6.07 Å². The van der Waals surface area contributed by atoms with Gasteiger partial charge in [0.15, 0.2) is 0 Å². The number of piperidine rings is 1. The quantitative estimate of drug-likeness (QED) is 0.923. The highest BCUT2D eigenvalue weighted by molar-refractivity contribution is 7.21. The Balaban J connectivity index is 1.94. The first-order valence-corrected chi connectivity index (χ1v) is 8.00. The van der Waals surface area contributed by atoms with Gasteiger partial charge in [0, 0.05) is 23.2 Å². The van der Waals surface area contributed by atoms with E-state index >= 15 is 0 Å². The van der Waals surface area contributed by atoms with Crippen LogP contribution in [0.25, 0.3) is 10.1 Å². The lowest BCUT2D eigenvalue weighted by Crippen LogP contribution is -2.42. The molecule has 3 rings (SSSR count). The van der Waals surface area contributed by atoms with Crippen LogP contribution >= 0.6 is 11.3 Å². The minimum absolute atomic E-state index is 0.191. The standard InChI is InChI=1S/C16H16FNO3S/c1-9-13-11(17)5-2-6-12(13)22-14(9)15(19)18-7-3-4-10(8-18)16(20)21/h2,5-6,10H,3-4,7-8H2,1H3,(H,20,21)/t10-/m0/s1. The average molecular weight is 321 g/mol. The SMILES string of the molecule is Cc1c(C(=O)N2CCC[C@H](C(=O)O)C2)sc2cccc(F)c12. The van der Waals surface area contributed by atoms with E-state index in [1.54, 1.807) is 24.0 Å². The zero-order chi connectivity index (χ0) is 15.9. The van der Waals surface area contributed by atoms with Gasteiger partial charge in [-0.2, -0.15) is 0 Å². The first-order valence-electron chi connectivity index (χ1n) is 7.18. The molecule has 0 bridgehead atoms. The summed E-state index contributed by atoms with van der Waals surface area (Å²) < 4.78 is 14.7. The zero-order valence-corrected chi connectivity index (χ0v) is 13.0. The molecule has 1 atom stereocenters. The summed E-state index contributed by atoms with van der Waals surface area (Å²) in [6.07, 6.45) is 1.28. The Bertz CT molecular complexity index is 755. The van der Waals surface area contributed by atoms with E-state index < -0.39 is 11.9 Å². The molecule has 0 aliphatic carbocycles. The number of hydrogen-bond acceptors (Lipinski definition) is 3. The van der Waals surface area contributed by atoms with Gasteiger partial charge in [-0.05, 0) is 37.5 Å². The molecule has 6 heteroatoms. The molecule has 0 radical (unpaired) electrons. The molecule has 0 spiro atoms. The second-order valence-electron chi connectivity index (χ2n) is 5.60. The van der Waals surface area contributed by atoms with Crippen LogP contribution in [0.5, 0.6) is 0 Å². The van der Waals surface area contributed by atoms with Crippen molar-refractivity contribution >= 4 is 33.3 Å². The van der Waals surface area contributed by atoms with Gasteiger partial charge >= 0.3 is 5.97 Å². The second-order valence-corrected chi connectivity index (χ2v) is 6.65. The number of carbonyl (C=O) groups is 2. The van der Waals surface area contributed by atoms with Gasteiger partial charge in [0.1, 0.15) is 5.82 Å². The maximum atomic E-state index is 13.9. The highest BCUT2D eigenvalue weighted by Crippen LogP contribution is 2.34. The monoisotopic (exact) mass is 321 g/mol. The smallest absolute Gasteiger partial charge is 0.308 e. The minimum atomic E-state index is -0.864. The van der Waals surface area contributed by atoms with Crippen molar-refractivity contribution < 1.29 is 19.1 Å². The molecule has 1 aliphatic heterocycles. The number of carboxylic acid groups (broad SMARTS) is 1. The van der Waals surface area contributed by atoms with Gasteiger partial charge in [-0.3, -0.25) is 9.59 Å². The highest BCUT2D eigenvalue weighted by Gasteiger charge is 2.30. The van der Waals surface area contributed by atoms with Crippen LogP contribution in [-0.2, 0) is 4.79 Å². The molecule has 1 aromatic carbocycles. The highest BCUT2D eigenvalue weighted by atomic mass is 32.1. The third kappa shape index (κ3) is 2.47. The lowest BCUT2D eigenvalue weighted by molar-refractivity contribution is -0.143. The number of rotatable bonds is 2. The molecule has 116 valence electrons. The number of halogens is 1. The van der Waals surface area contributed by atoms with Gasteiger partial charge < -0.3 is 10.0 Å². The first kappa shape index (κ1) is 15.0. The van der Waals surface area contributed by atoms with Crippen molar-refractivity contribution in [1.29, 1.82) is 0 Å². The van der Waals surface area contributed by atoms with E-state index in [9.17, 15) is 14.0 Å². The van der Waals surface area contributed by atoms with Crippen molar-refractivity contribution in [2.24, 2.45) is 5.92 Å². The molecule has 1 saturated heterocycles. The number of likely N-dealkylation sites (tertiary alicyclic amines) is 1. The number of nitrogens with zero attached hydrogens (tertiary/aromatic N) is 1. The van der Waals surface area contributed by atoms with Gasteiger partial charge in [0.25, 0.3) is 5.91 Å². The van der Waals surface area contributed by atoms with Crippen LogP contribution in [0.1, 0.15) is 28.1 Å². The van der Waals surface area contributed by atoms with E-state index in [0.717, 1.165) is 4.70 Å². The van der Waals surface area contributed by atoms with Crippen molar-refractivity contribution in [3.63, 3.8) is 0 Å². The normalized spacial score (nSPS) is 18.6. The van der Waals surface area contributed by atoms with Crippen LogP contribution in [0.2, 0.25) is 0 Å². The molecule has 1 fully saturated rings. The molecule has 0 saturated carbocycles. The van der Waals surface area contributed by atoms with Crippen molar-refractivity contribution in [2.75, 3.05) is 13.1 Å². The van der Waals surface area contributed by atoms with Crippen LogP contribution < -0.4 is 0 Å². The number of fused-ring (bicyclic) bond motifs is 1. The Morgan fingerprint density at radius 1 is 1.41 bits per heavy atom. The Hall–Kier alpha value is -1.95. The summed E-state index contributed by atoms with van der Waals surface area (Å²) in [6, 6.07) is 4.81. The summed E-state index contributed by atoms with van der Waals surface area (Å²) in [4.78, 5) is 25.9. The molecule has 0 unspecified atom stereocenters. The maximum Gasteiger partial charge on any atom is 0.308 e. The number of benzene rings is 1. The second kappa shape index (κ2) is 5.68. The van der Waals surface area contributed by atoms with Gasteiger partial charge in [-0.25, -0.2) is 4.39 Å². The number of aliphatic carboxylic acids is 1. The number of thiophene rings is 1. The Morgan fingerprint density at radius 2 is 2.18 bits per heavy atom. The summed E-state index contributed by atoms with van der Waals surface area (Å²) in [5, 5.41) is 9.62. The largest absolute Gasteiger partial charge is 0.481 e. The van der Waals surface area contributed by atoms with Crippen LogP contribution in [0, 0.1) is 18.7 Å². The van der Waals surface area contributed by atoms with E-state index in [2.05, 4.69) is 0 Å². The van der Waals surface area contributed by atoms with E-state index in [0.29, 0.717) is 35.2 Å². The van der Waals surface area contributed by atoms with Crippen LogP contribution in [0.3, 0.4) is 0 Å². The van der Waals surface area contributed by atoms with Crippen LogP contribution in [0.15, 0.2) is 18.2 Å². The summed E-state index contributed by atoms with van der Waals surface area (Å²) in [5.41, 5.74) is 0.639. The van der Waals surface area contributed by atoms with Crippen LogP contribution in [-0.4, -0.2) is 35.0 Å². The Morgan fingerprint density at radius 3 is 2.86 bits per heavy atom. The Labute approximate surface area is 131 Å². The fourth-order valence-electron chi connectivity index (χ4n) is 2.96. The number of aryl methyl sites for hydroxylation is 1. The number of carboxylic acids is 1. The van der Waals surface area contributed by atoms with Gasteiger partial charge in [0.2, 0.25) is 0 Å². The molecular formula is C16H16FNO3S. The average Bonchev–Trinajstić information content (AvgIpc) is 2.85. The van der Waals surface area contributed by atoms with E-state index in [-0.39, 0.29) is 18.3 Å². The molecule has 1 amide bonds. The predicted molar refractivity (Wildman–Crippen MR) is 82.8 cm³/mol. The Kier molecular flexibility index (Phi) is 3.87. The van der Waals surface area contributed by atoms with Crippen molar-refractivity contribution in [1.82, 2.24) is 4.90 Å². The summed E-state index contributed by atoms with van der Waals surface area (Å²) in [6.45, 7) is 2.52. The summed E-state index contributed by atoms with van der Waals surface area (Å²) >= 11 is 1.27. The van der Waals surface area contributed by atoms with Crippen molar-refractivity contribution in [3.05, 3.63) is 34.5 Å². The lowest BCUT2D eigenvalue weighted by Gasteiger charge is -2.30. The van der Waals surface area contributed by atoms with Gasteiger partial charge in [-0.15, -0.1) is 11.3 Å². The molecule has 1 N–H and O–H groups in total. The van der Waals surface area contributed by atoms with E-state index in [4.69, 9.17) is 5.11 Å². The van der Waals surface area contributed by atoms with Crippen molar-refractivity contribution in [3.8, 4) is 0 Å². The topological polar surface area (TPSA) is 57.6 Å². The number of hydrogen-bond donors (Lipinski definition) is 1. The van der Waals surface area contributed by atoms with E-state index in [1.807, 2.05) is 0 Å². The molecule has 2 aromatic rings. The molecule has 22 heavy (non-hydrogen) atoms. The third-order valence-corrected chi connectivity index (χ3v) is 5.40. The molecule has 1 aromatic heterocycles. The zero-order valence-electron chi connectivity index (χ0n) is 12.1. The first-order chi connectivity index (χ1) is 10.5. The molecule has 2 heterocycles. The van der Waals surface area contributed by atoms with Crippen LogP contribution in [0.4, 0.5) is 4.39 Å². The minimum Gasteiger partial charge on any atom is -0.481 e. The van der Waals surface area contributed by atoms with E-state index in [1.165, 1.54) is 17.4 Å². The fraction of sp³-hybridized carbons (Fsp3) is 0.375. The lowest BCUT2D eigenvalue weighted by atomic mass is 9.98. The summed E-state index contributed by atoms with van der Waals surface area (Å²) in [7, 11) is 0. The number of carbonyl (C=O) groups excluding carboxylic acids is 1. The van der Waals surface area contributed by atoms with Crippen molar-refractivity contribution in [2.45, 2.75) is 19.8 Å². The molecule has 1 aliphatic rings. The molecule has 4 nitrogen and oxygen atoms in total. The predicted octanol–water partition coefficient (Wildman–Crippen LogP) is 3.29. The number of amides is 1. The summed E-state index contributed by atoms with van der Waals surface area (Å²) in [5.74, 6) is -1.89. The maximum absolute atomic E-state index is 13.9. The van der Waals surface area contributed by atoms with Gasteiger partial charge in [0.05, 0.1) is 10.8 Å². The third-order valence-electron chi connectivity index (χ3n) is 4.16. The molecular weight excluding hydrogens is 305 g/mol.